The van der Waals surface area contributed by atoms with Gasteiger partial charge in [0, 0.05) is 17.1 Å². The molecule has 0 unspecified atom stereocenters. The van der Waals surface area contributed by atoms with E-state index in [0.29, 0.717) is 29.3 Å². The molecule has 0 spiro atoms. The van der Waals surface area contributed by atoms with Gasteiger partial charge in [0.1, 0.15) is 11.4 Å². The molecule has 1 amide bonds. The number of esters is 1. The van der Waals surface area contributed by atoms with Crippen LogP contribution in [0.3, 0.4) is 0 Å². The van der Waals surface area contributed by atoms with E-state index in [9.17, 15) is 9.59 Å². The molecular weight excluding hydrogens is 336 g/mol. The third kappa shape index (κ3) is 4.38. The van der Waals surface area contributed by atoms with Crippen molar-refractivity contribution >= 4 is 28.5 Å². The van der Waals surface area contributed by atoms with Crippen LogP contribution in [0.2, 0.25) is 0 Å². The summed E-state index contributed by atoms with van der Waals surface area (Å²) in [5.41, 5.74) is 1.78. The summed E-state index contributed by atoms with van der Waals surface area (Å²) in [5.74, 6) is -0.214. The van der Waals surface area contributed by atoms with Crippen LogP contribution in [0.4, 0.5) is 5.69 Å². The smallest absolute Gasteiger partial charge is 0.344 e. The summed E-state index contributed by atoms with van der Waals surface area (Å²) in [5, 5.41) is 7.54. The van der Waals surface area contributed by atoms with Gasteiger partial charge in [0.15, 0.2) is 12.2 Å². The van der Waals surface area contributed by atoms with E-state index in [1.165, 1.54) is 0 Å². The fourth-order valence-corrected chi connectivity index (χ4v) is 2.43. The minimum atomic E-state index is -0.445. The summed E-state index contributed by atoms with van der Waals surface area (Å²) in [6, 6.07) is 14.2. The first-order chi connectivity index (χ1) is 12.7. The molecule has 0 aliphatic carbocycles. The molecule has 0 atom stereocenters. The highest BCUT2D eigenvalue weighted by Crippen LogP contribution is 2.20. The number of carbonyl (C=O) groups is 2. The van der Waals surface area contributed by atoms with Crippen molar-refractivity contribution in [2.45, 2.75) is 13.3 Å². The van der Waals surface area contributed by atoms with Crippen LogP contribution >= 0.6 is 0 Å². The number of hydrogen-bond donors (Lipinski definition) is 1. The average Bonchev–Trinajstić information content (AvgIpc) is 3.03. The molecule has 0 saturated carbocycles. The Balaban J connectivity index is 1.60. The van der Waals surface area contributed by atoms with E-state index in [4.69, 9.17) is 14.0 Å². The summed E-state index contributed by atoms with van der Waals surface area (Å²) >= 11 is 0. The Morgan fingerprint density at radius 1 is 1.15 bits per heavy atom. The molecule has 2 aromatic carbocycles. The van der Waals surface area contributed by atoms with Gasteiger partial charge in [0.2, 0.25) is 5.91 Å². The summed E-state index contributed by atoms with van der Waals surface area (Å²) in [6.07, 6.45) is 0.0882. The lowest BCUT2D eigenvalue weighted by atomic mass is 10.1. The number of anilines is 1. The Morgan fingerprint density at radius 2 is 2.00 bits per heavy atom. The predicted molar refractivity (Wildman–Crippen MR) is 94.9 cm³/mol. The maximum absolute atomic E-state index is 12.3. The zero-order chi connectivity index (χ0) is 18.4. The molecule has 0 radical (unpaired) electrons. The van der Waals surface area contributed by atoms with Crippen LogP contribution in [-0.2, 0) is 20.7 Å². The molecule has 0 aliphatic heterocycles. The highest BCUT2D eigenvalue weighted by molar-refractivity contribution is 5.94. The van der Waals surface area contributed by atoms with Gasteiger partial charge in [-0.05, 0) is 31.2 Å². The highest BCUT2D eigenvalue weighted by Gasteiger charge is 2.12. The van der Waals surface area contributed by atoms with Gasteiger partial charge >= 0.3 is 5.97 Å². The number of nitrogens with zero attached hydrogens (tertiary/aromatic N) is 1. The van der Waals surface area contributed by atoms with Crippen molar-refractivity contribution in [3.05, 3.63) is 54.2 Å². The molecule has 1 heterocycles. The Morgan fingerprint density at radius 3 is 2.85 bits per heavy atom. The van der Waals surface area contributed by atoms with Gasteiger partial charge in [-0.2, -0.15) is 0 Å². The average molecular weight is 354 g/mol. The van der Waals surface area contributed by atoms with E-state index < -0.39 is 5.97 Å². The van der Waals surface area contributed by atoms with E-state index >= 15 is 0 Å². The van der Waals surface area contributed by atoms with Crippen molar-refractivity contribution < 1.29 is 23.6 Å². The van der Waals surface area contributed by atoms with E-state index in [-0.39, 0.29) is 18.9 Å². The van der Waals surface area contributed by atoms with Crippen LogP contribution in [0.25, 0.3) is 11.0 Å². The molecule has 134 valence electrons. The Labute approximate surface area is 149 Å². The first-order valence-corrected chi connectivity index (χ1v) is 8.17. The highest BCUT2D eigenvalue weighted by atomic mass is 16.6. The van der Waals surface area contributed by atoms with Crippen molar-refractivity contribution in [3.63, 3.8) is 0 Å². The Bertz CT molecular complexity index is 919. The van der Waals surface area contributed by atoms with Gasteiger partial charge < -0.3 is 19.3 Å². The van der Waals surface area contributed by atoms with Crippen LogP contribution in [0.1, 0.15) is 12.6 Å². The second kappa shape index (κ2) is 8.15. The zero-order valence-corrected chi connectivity index (χ0v) is 14.2. The van der Waals surface area contributed by atoms with E-state index in [2.05, 4.69) is 10.5 Å². The van der Waals surface area contributed by atoms with Crippen molar-refractivity contribution in [2.24, 2.45) is 0 Å². The summed E-state index contributed by atoms with van der Waals surface area (Å²) < 4.78 is 15.4. The first-order valence-electron chi connectivity index (χ1n) is 8.17. The number of benzene rings is 2. The number of aromatic nitrogens is 1. The number of rotatable bonds is 7. The number of fused-ring (bicyclic) bond motifs is 1. The molecule has 0 fully saturated rings. The van der Waals surface area contributed by atoms with Crippen LogP contribution in [0.5, 0.6) is 5.75 Å². The van der Waals surface area contributed by atoms with Gasteiger partial charge in [0.05, 0.1) is 13.0 Å². The van der Waals surface area contributed by atoms with Gasteiger partial charge in [-0.3, -0.25) is 4.79 Å². The number of ether oxygens (including phenoxy) is 2. The first kappa shape index (κ1) is 17.5. The maximum Gasteiger partial charge on any atom is 0.344 e. The molecule has 0 saturated heterocycles. The van der Waals surface area contributed by atoms with Gasteiger partial charge in [0.25, 0.3) is 0 Å². The second-order valence-corrected chi connectivity index (χ2v) is 5.47. The number of para-hydroxylation sites is 1. The Hall–Kier alpha value is -3.35. The SMILES string of the molecule is CCOC(=O)COc1cccc(NC(=O)Cc2noc3ccccc23)c1. The third-order valence-corrected chi connectivity index (χ3v) is 3.56. The Kier molecular flexibility index (Phi) is 5.48. The molecule has 0 bridgehead atoms. The van der Waals surface area contributed by atoms with E-state index in [1.807, 2.05) is 18.2 Å². The lowest BCUT2D eigenvalue weighted by molar-refractivity contribution is -0.145. The lowest BCUT2D eigenvalue weighted by Gasteiger charge is -2.08. The van der Waals surface area contributed by atoms with Crippen molar-refractivity contribution in [3.8, 4) is 5.75 Å². The molecule has 1 N–H and O–H groups in total. The topological polar surface area (TPSA) is 90.7 Å². The largest absolute Gasteiger partial charge is 0.482 e. The van der Waals surface area contributed by atoms with E-state index in [1.54, 1.807) is 37.3 Å². The zero-order valence-electron chi connectivity index (χ0n) is 14.2. The minimum Gasteiger partial charge on any atom is -0.482 e. The number of hydrogen-bond acceptors (Lipinski definition) is 6. The molecule has 3 aromatic rings. The van der Waals surface area contributed by atoms with Crippen LogP contribution in [0, 0.1) is 0 Å². The third-order valence-electron chi connectivity index (χ3n) is 3.56. The number of carbonyl (C=O) groups excluding carboxylic acids is 2. The molecule has 3 rings (SSSR count). The van der Waals surface area contributed by atoms with Crippen molar-refractivity contribution in [1.29, 1.82) is 0 Å². The molecular formula is C19H18N2O5. The summed E-state index contributed by atoms with van der Waals surface area (Å²) in [6.45, 7) is 1.84. The van der Waals surface area contributed by atoms with Gasteiger partial charge in [-0.1, -0.05) is 23.4 Å². The molecule has 7 heteroatoms. The van der Waals surface area contributed by atoms with Gasteiger partial charge in [-0.15, -0.1) is 0 Å². The lowest BCUT2D eigenvalue weighted by Crippen LogP contribution is -2.16. The van der Waals surface area contributed by atoms with Crippen LogP contribution < -0.4 is 10.1 Å². The quantitative estimate of drug-likeness (QED) is 0.656. The molecule has 7 nitrogen and oxygen atoms in total. The van der Waals surface area contributed by atoms with Crippen molar-refractivity contribution in [1.82, 2.24) is 5.16 Å². The minimum absolute atomic E-state index is 0.0882. The fraction of sp³-hybridized carbons (Fsp3) is 0.211. The summed E-state index contributed by atoms with van der Waals surface area (Å²) in [4.78, 5) is 23.6. The predicted octanol–water partition coefficient (Wildman–Crippen LogP) is 2.95. The number of nitrogens with one attached hydrogen (secondary N) is 1. The normalized spacial score (nSPS) is 10.5. The molecule has 0 aliphatic rings. The second-order valence-electron chi connectivity index (χ2n) is 5.47. The van der Waals surface area contributed by atoms with Crippen molar-refractivity contribution in [2.75, 3.05) is 18.5 Å². The monoisotopic (exact) mass is 354 g/mol. The number of amides is 1. The van der Waals surface area contributed by atoms with E-state index in [0.717, 1.165) is 5.39 Å². The fourth-order valence-electron chi connectivity index (χ4n) is 2.43. The van der Waals surface area contributed by atoms with Crippen LogP contribution in [-0.4, -0.2) is 30.2 Å². The molecule has 1 aromatic heterocycles. The maximum atomic E-state index is 12.3. The molecule has 26 heavy (non-hydrogen) atoms. The summed E-state index contributed by atoms with van der Waals surface area (Å²) in [7, 11) is 0. The van der Waals surface area contributed by atoms with Crippen LogP contribution in [0.15, 0.2) is 53.1 Å². The van der Waals surface area contributed by atoms with Gasteiger partial charge in [-0.25, -0.2) is 4.79 Å². The standard InChI is InChI=1S/C19H18N2O5/c1-2-24-19(23)12-25-14-7-5-6-13(10-14)20-18(22)11-16-15-8-3-4-9-17(15)26-21-16/h3-10H,2,11-12H2,1H3,(H,20,22).